The Morgan fingerprint density at radius 2 is 1.61 bits per heavy atom. The van der Waals surface area contributed by atoms with E-state index in [-0.39, 0.29) is 18.5 Å². The average molecular weight is 504 g/mol. The minimum absolute atomic E-state index is 0. The van der Waals surface area contributed by atoms with Gasteiger partial charge in [-0.1, -0.05) is 72.8 Å². The molecule has 0 spiro atoms. The zero-order valence-corrected chi connectivity index (χ0v) is 21.5. The summed E-state index contributed by atoms with van der Waals surface area (Å²) in [5, 5.41) is 6.05. The summed E-state index contributed by atoms with van der Waals surface area (Å²) in [4.78, 5) is 0. The first-order chi connectivity index (χ1) is 17.3. The molecule has 1 N–H and O–H groups in total. The lowest BCUT2D eigenvalue weighted by atomic mass is 9.86. The first-order valence-corrected chi connectivity index (χ1v) is 12.4. The van der Waals surface area contributed by atoms with Crippen LogP contribution in [0.5, 0.6) is 5.75 Å². The third kappa shape index (κ3) is 6.45. The fourth-order valence-corrected chi connectivity index (χ4v) is 4.88. The molecule has 5 heteroatoms. The largest absolute Gasteiger partial charge is 0.491 e. The molecule has 36 heavy (non-hydrogen) atoms. The van der Waals surface area contributed by atoms with Crippen molar-refractivity contribution in [1.29, 1.82) is 0 Å². The van der Waals surface area contributed by atoms with E-state index in [4.69, 9.17) is 14.2 Å². The predicted octanol–water partition coefficient (Wildman–Crippen LogP) is 6.62. The lowest BCUT2D eigenvalue weighted by molar-refractivity contribution is 0.0107. The van der Waals surface area contributed by atoms with Crippen LogP contribution in [0, 0.1) is 0 Å². The van der Waals surface area contributed by atoms with E-state index in [1.807, 2.05) is 12.1 Å². The number of halogens is 1. The van der Waals surface area contributed by atoms with Crippen molar-refractivity contribution in [1.82, 2.24) is 5.32 Å². The van der Waals surface area contributed by atoms with E-state index in [1.54, 1.807) is 7.11 Å². The molecule has 1 saturated heterocycles. The van der Waals surface area contributed by atoms with Gasteiger partial charge in [-0.3, -0.25) is 0 Å². The fourth-order valence-electron chi connectivity index (χ4n) is 4.88. The molecule has 4 nitrogen and oxygen atoms in total. The van der Waals surface area contributed by atoms with Crippen LogP contribution in [0.25, 0.3) is 21.9 Å². The Labute approximate surface area is 220 Å². The molecule has 5 rings (SSSR count). The molecule has 0 radical (unpaired) electrons. The van der Waals surface area contributed by atoms with Crippen molar-refractivity contribution in [2.24, 2.45) is 0 Å². The quantitative estimate of drug-likeness (QED) is 0.261. The summed E-state index contributed by atoms with van der Waals surface area (Å²) in [5.74, 6) is 1.22. The SMILES string of the molecule is COCCOc1cccc(-c2cccc(C3CCNCC3OCc3ccc4ccccc4c3)c2)c1.Cl. The summed E-state index contributed by atoms with van der Waals surface area (Å²) < 4.78 is 17.4. The van der Waals surface area contributed by atoms with Gasteiger partial charge in [-0.05, 0) is 64.2 Å². The second-order valence-corrected chi connectivity index (χ2v) is 9.12. The first-order valence-electron chi connectivity index (χ1n) is 12.4. The number of fused-ring (bicyclic) bond motifs is 1. The van der Waals surface area contributed by atoms with E-state index in [0.29, 0.717) is 25.7 Å². The zero-order valence-electron chi connectivity index (χ0n) is 20.7. The maximum Gasteiger partial charge on any atom is 0.120 e. The molecule has 0 aromatic heterocycles. The highest BCUT2D eigenvalue weighted by Crippen LogP contribution is 2.32. The summed E-state index contributed by atoms with van der Waals surface area (Å²) in [6, 6.07) is 32.2. The van der Waals surface area contributed by atoms with Gasteiger partial charge in [0.05, 0.1) is 19.3 Å². The topological polar surface area (TPSA) is 39.7 Å². The Hall–Kier alpha value is -2.89. The van der Waals surface area contributed by atoms with Crippen LogP contribution in [-0.4, -0.2) is 39.5 Å². The maximum absolute atomic E-state index is 6.51. The van der Waals surface area contributed by atoms with Crippen LogP contribution in [0.1, 0.15) is 23.5 Å². The van der Waals surface area contributed by atoms with Crippen LogP contribution in [0.4, 0.5) is 0 Å². The highest BCUT2D eigenvalue weighted by molar-refractivity contribution is 5.85. The number of nitrogens with one attached hydrogen (secondary N) is 1. The van der Waals surface area contributed by atoms with Crippen molar-refractivity contribution < 1.29 is 14.2 Å². The van der Waals surface area contributed by atoms with Gasteiger partial charge in [0, 0.05) is 19.6 Å². The molecule has 188 valence electrons. The van der Waals surface area contributed by atoms with Crippen LogP contribution in [0.2, 0.25) is 0 Å². The second-order valence-electron chi connectivity index (χ2n) is 9.12. The van der Waals surface area contributed by atoms with Crippen LogP contribution in [-0.2, 0) is 16.1 Å². The van der Waals surface area contributed by atoms with Gasteiger partial charge in [-0.25, -0.2) is 0 Å². The number of benzene rings is 4. The zero-order chi connectivity index (χ0) is 23.9. The Morgan fingerprint density at radius 3 is 2.47 bits per heavy atom. The number of rotatable bonds is 9. The summed E-state index contributed by atoms with van der Waals surface area (Å²) in [6.45, 7) is 3.62. The molecule has 2 unspecified atom stereocenters. The molecular weight excluding hydrogens is 470 g/mol. The molecule has 1 aliphatic rings. The average Bonchev–Trinajstić information content (AvgIpc) is 2.92. The van der Waals surface area contributed by atoms with Crippen molar-refractivity contribution in [3.05, 3.63) is 102 Å². The van der Waals surface area contributed by atoms with E-state index < -0.39 is 0 Å². The van der Waals surface area contributed by atoms with E-state index in [9.17, 15) is 0 Å². The molecule has 1 heterocycles. The first kappa shape index (κ1) is 26.2. The maximum atomic E-state index is 6.51. The van der Waals surface area contributed by atoms with Gasteiger partial charge in [-0.2, -0.15) is 0 Å². The molecular formula is C31H34ClNO3. The molecule has 4 aromatic carbocycles. The van der Waals surface area contributed by atoms with Gasteiger partial charge in [0.2, 0.25) is 0 Å². The van der Waals surface area contributed by atoms with Crippen molar-refractivity contribution in [2.75, 3.05) is 33.4 Å². The van der Waals surface area contributed by atoms with Crippen molar-refractivity contribution in [3.63, 3.8) is 0 Å². The molecule has 4 aromatic rings. The summed E-state index contributed by atoms with van der Waals surface area (Å²) in [7, 11) is 1.69. The van der Waals surface area contributed by atoms with Crippen LogP contribution >= 0.6 is 12.4 Å². The van der Waals surface area contributed by atoms with Crippen LogP contribution in [0.3, 0.4) is 0 Å². The number of hydrogen-bond acceptors (Lipinski definition) is 4. The van der Waals surface area contributed by atoms with Crippen molar-refractivity contribution in [3.8, 4) is 16.9 Å². The number of ether oxygens (including phenoxy) is 3. The molecule has 0 saturated carbocycles. The molecule has 2 atom stereocenters. The van der Waals surface area contributed by atoms with Gasteiger partial charge < -0.3 is 19.5 Å². The lowest BCUT2D eigenvalue weighted by Gasteiger charge is -2.33. The number of hydrogen-bond donors (Lipinski definition) is 1. The van der Waals surface area contributed by atoms with E-state index in [2.05, 4.69) is 84.2 Å². The number of piperidine rings is 1. The van der Waals surface area contributed by atoms with Gasteiger partial charge in [-0.15, -0.1) is 12.4 Å². The summed E-state index contributed by atoms with van der Waals surface area (Å²) in [6.07, 6.45) is 1.20. The predicted molar refractivity (Wildman–Crippen MR) is 149 cm³/mol. The Kier molecular flexibility index (Phi) is 9.37. The molecule has 0 aliphatic carbocycles. The minimum atomic E-state index is 0. The van der Waals surface area contributed by atoms with Crippen LogP contribution < -0.4 is 10.1 Å². The van der Waals surface area contributed by atoms with Gasteiger partial charge >= 0.3 is 0 Å². The van der Waals surface area contributed by atoms with Gasteiger partial charge in [0.25, 0.3) is 0 Å². The minimum Gasteiger partial charge on any atom is -0.491 e. The molecule has 0 bridgehead atoms. The Balaban J connectivity index is 0.00000304. The van der Waals surface area contributed by atoms with E-state index in [1.165, 1.54) is 27.5 Å². The Bertz CT molecular complexity index is 1260. The fraction of sp³-hybridized carbons (Fsp3) is 0.290. The highest BCUT2D eigenvalue weighted by Gasteiger charge is 2.27. The lowest BCUT2D eigenvalue weighted by Crippen LogP contribution is -2.41. The standard InChI is InChI=1S/C31H33NO3.ClH/c1-33-16-17-34-29-11-5-9-27(20-29)26-8-4-10-28(19-26)30-14-15-32-21-31(30)35-22-23-12-13-24-6-2-3-7-25(24)18-23;/h2-13,18-20,30-32H,14-17,21-22H2,1H3;1H. The summed E-state index contributed by atoms with van der Waals surface area (Å²) >= 11 is 0. The van der Waals surface area contributed by atoms with Gasteiger partial charge in [0.15, 0.2) is 0 Å². The molecule has 1 aliphatic heterocycles. The third-order valence-electron chi connectivity index (χ3n) is 6.74. The van der Waals surface area contributed by atoms with E-state index in [0.717, 1.165) is 30.8 Å². The molecule has 1 fully saturated rings. The normalized spacial score (nSPS) is 17.5. The third-order valence-corrected chi connectivity index (χ3v) is 6.74. The van der Waals surface area contributed by atoms with Crippen molar-refractivity contribution >= 4 is 23.2 Å². The monoisotopic (exact) mass is 503 g/mol. The van der Waals surface area contributed by atoms with Gasteiger partial charge in [0.1, 0.15) is 12.4 Å². The van der Waals surface area contributed by atoms with Crippen molar-refractivity contribution in [2.45, 2.75) is 25.0 Å². The highest BCUT2D eigenvalue weighted by atomic mass is 35.5. The Morgan fingerprint density at radius 1 is 0.806 bits per heavy atom. The second kappa shape index (κ2) is 12.9. The van der Waals surface area contributed by atoms with Crippen LogP contribution in [0.15, 0.2) is 91.0 Å². The van der Waals surface area contributed by atoms with E-state index >= 15 is 0 Å². The summed E-state index contributed by atoms with van der Waals surface area (Å²) in [5.41, 5.74) is 4.90. The number of methoxy groups -OCH3 is 1. The smallest absolute Gasteiger partial charge is 0.120 e. The molecule has 0 amide bonds.